The second-order valence-corrected chi connectivity index (χ2v) is 9.14. The van der Waals surface area contributed by atoms with Crippen LogP contribution < -0.4 is 0 Å². The maximum Gasteiger partial charge on any atom is 0.312 e. The molecule has 2 aromatic rings. The van der Waals surface area contributed by atoms with E-state index >= 15 is 0 Å². The van der Waals surface area contributed by atoms with Crippen LogP contribution >= 0.6 is 11.3 Å². The number of amides is 1. The Morgan fingerprint density at radius 1 is 1.42 bits per heavy atom. The minimum atomic E-state index is -0.425. The summed E-state index contributed by atoms with van der Waals surface area (Å²) in [5, 5.41) is 13.4. The summed E-state index contributed by atoms with van der Waals surface area (Å²) in [6.45, 7) is 1.64. The SMILES string of the molecule is CN(C)CC1CC2(CCN(C(=O)c3cc(-c4cccs4)nn3C)CC2)C(=O)O1.O=CO. The van der Waals surface area contributed by atoms with Gasteiger partial charge in [0.2, 0.25) is 0 Å². The van der Waals surface area contributed by atoms with Crippen molar-refractivity contribution in [3.05, 3.63) is 29.3 Å². The van der Waals surface area contributed by atoms with Crippen molar-refractivity contribution in [1.82, 2.24) is 19.6 Å². The van der Waals surface area contributed by atoms with Crippen LogP contribution in [0.15, 0.2) is 23.6 Å². The smallest absolute Gasteiger partial charge is 0.312 e. The van der Waals surface area contributed by atoms with E-state index < -0.39 is 5.41 Å². The number of esters is 1. The van der Waals surface area contributed by atoms with E-state index in [4.69, 9.17) is 14.6 Å². The number of piperidine rings is 1. The highest BCUT2D eigenvalue weighted by atomic mass is 32.1. The van der Waals surface area contributed by atoms with Gasteiger partial charge in [0.1, 0.15) is 17.5 Å². The molecule has 2 aromatic heterocycles. The highest BCUT2D eigenvalue weighted by molar-refractivity contribution is 7.13. The number of likely N-dealkylation sites (tertiary alicyclic amines) is 1. The van der Waals surface area contributed by atoms with Crippen molar-refractivity contribution in [1.29, 1.82) is 0 Å². The van der Waals surface area contributed by atoms with Gasteiger partial charge >= 0.3 is 5.97 Å². The fraction of sp³-hybridized carbons (Fsp3) is 0.524. The maximum atomic E-state index is 13.0. The summed E-state index contributed by atoms with van der Waals surface area (Å²) in [6.07, 6.45) is 2.03. The van der Waals surface area contributed by atoms with Crippen molar-refractivity contribution in [3.63, 3.8) is 0 Å². The van der Waals surface area contributed by atoms with E-state index in [-0.39, 0.29) is 24.5 Å². The van der Waals surface area contributed by atoms with Crippen molar-refractivity contribution < 1.29 is 24.2 Å². The molecule has 10 heteroatoms. The van der Waals surface area contributed by atoms with Gasteiger partial charge in [-0.1, -0.05) is 6.07 Å². The Hall–Kier alpha value is -2.72. The molecule has 1 unspecified atom stereocenters. The molecule has 168 valence electrons. The van der Waals surface area contributed by atoms with Gasteiger partial charge in [-0.05, 0) is 44.4 Å². The summed E-state index contributed by atoms with van der Waals surface area (Å²) in [5.41, 5.74) is 0.977. The molecule has 2 aliphatic rings. The second-order valence-electron chi connectivity index (χ2n) is 8.19. The average Bonchev–Trinajstić information content (AvgIpc) is 3.43. The number of carboxylic acid groups (broad SMARTS) is 1. The topological polar surface area (TPSA) is 105 Å². The highest BCUT2D eigenvalue weighted by Crippen LogP contribution is 2.43. The van der Waals surface area contributed by atoms with E-state index in [1.165, 1.54) is 0 Å². The van der Waals surface area contributed by atoms with E-state index in [1.54, 1.807) is 23.1 Å². The number of cyclic esters (lactones) is 1. The van der Waals surface area contributed by atoms with E-state index in [0.717, 1.165) is 23.5 Å². The molecule has 0 aliphatic carbocycles. The van der Waals surface area contributed by atoms with Crippen LogP contribution in [0.4, 0.5) is 0 Å². The number of thiophene rings is 1. The van der Waals surface area contributed by atoms with Crippen molar-refractivity contribution in [2.75, 3.05) is 33.7 Å². The lowest BCUT2D eigenvalue weighted by Gasteiger charge is -2.36. The number of ether oxygens (including phenoxy) is 1. The van der Waals surface area contributed by atoms with Gasteiger partial charge in [-0.25, -0.2) is 0 Å². The first-order valence-corrected chi connectivity index (χ1v) is 11.0. The number of hydrogen-bond acceptors (Lipinski definition) is 7. The van der Waals surface area contributed by atoms with Crippen molar-refractivity contribution in [2.45, 2.75) is 25.4 Å². The summed E-state index contributed by atoms with van der Waals surface area (Å²) in [7, 11) is 5.77. The number of aromatic nitrogens is 2. The third-order valence-corrected chi connectivity index (χ3v) is 6.67. The molecule has 0 aromatic carbocycles. The summed E-state index contributed by atoms with van der Waals surface area (Å²) >= 11 is 1.61. The number of aryl methyl sites for hydroxylation is 1. The number of nitrogens with zero attached hydrogens (tertiary/aromatic N) is 4. The number of rotatable bonds is 4. The number of likely N-dealkylation sites (N-methyl/N-ethyl adjacent to an activating group) is 1. The van der Waals surface area contributed by atoms with Gasteiger partial charge in [0.15, 0.2) is 0 Å². The molecule has 2 fully saturated rings. The van der Waals surface area contributed by atoms with Crippen LogP contribution in [0.5, 0.6) is 0 Å². The first-order chi connectivity index (χ1) is 14.8. The predicted octanol–water partition coefficient (Wildman–Crippen LogP) is 1.95. The Bertz CT molecular complexity index is 916. The molecular weight excluding hydrogens is 420 g/mol. The number of hydrogen-bond donors (Lipinski definition) is 1. The van der Waals surface area contributed by atoms with Crippen molar-refractivity contribution >= 4 is 29.7 Å². The highest BCUT2D eigenvalue weighted by Gasteiger charge is 2.50. The first kappa shape index (κ1) is 23.0. The van der Waals surface area contributed by atoms with Gasteiger partial charge < -0.3 is 19.6 Å². The standard InChI is InChI=1S/C20H26N4O3S.CH2O2/c1-22(2)13-14-12-20(19(26)27-14)6-8-24(9-7-20)18(25)16-11-15(21-23(16)3)17-5-4-10-28-17;2-1-3/h4-5,10-11,14H,6-9,12-13H2,1-3H3;1H,(H,2,3). The predicted molar refractivity (Wildman–Crippen MR) is 116 cm³/mol. The molecule has 1 atom stereocenters. The second kappa shape index (κ2) is 9.61. The Morgan fingerprint density at radius 3 is 2.68 bits per heavy atom. The van der Waals surface area contributed by atoms with Gasteiger partial charge in [-0.15, -0.1) is 11.3 Å². The van der Waals surface area contributed by atoms with Crippen molar-refractivity contribution in [3.8, 4) is 10.6 Å². The third kappa shape index (κ3) is 4.96. The molecule has 2 aliphatic heterocycles. The van der Waals surface area contributed by atoms with Crippen LogP contribution in [0, 0.1) is 5.41 Å². The Morgan fingerprint density at radius 2 is 2.10 bits per heavy atom. The quantitative estimate of drug-likeness (QED) is 0.563. The van der Waals surface area contributed by atoms with Crippen LogP contribution in [0.25, 0.3) is 10.6 Å². The summed E-state index contributed by atoms with van der Waals surface area (Å²) in [4.78, 5) is 38.9. The van der Waals surface area contributed by atoms with Gasteiger partial charge in [-0.2, -0.15) is 5.10 Å². The molecule has 4 heterocycles. The fourth-order valence-electron chi connectivity index (χ4n) is 4.27. The number of carbonyl (C=O) groups excluding carboxylic acids is 2. The van der Waals surface area contributed by atoms with Gasteiger partial charge in [-0.3, -0.25) is 19.1 Å². The zero-order valence-electron chi connectivity index (χ0n) is 18.0. The molecule has 0 bridgehead atoms. The molecular formula is C21H28N4O5S. The van der Waals surface area contributed by atoms with Gasteiger partial charge in [0.25, 0.3) is 12.4 Å². The molecule has 0 radical (unpaired) electrons. The largest absolute Gasteiger partial charge is 0.483 e. The monoisotopic (exact) mass is 448 g/mol. The number of carbonyl (C=O) groups is 3. The molecule has 2 saturated heterocycles. The minimum Gasteiger partial charge on any atom is -0.483 e. The van der Waals surface area contributed by atoms with Crippen LogP contribution in [-0.2, 0) is 21.4 Å². The Balaban J connectivity index is 0.000000858. The molecule has 1 amide bonds. The van der Waals surface area contributed by atoms with Crippen LogP contribution in [0.2, 0.25) is 0 Å². The zero-order chi connectivity index (χ0) is 22.6. The molecule has 1 spiro atoms. The van der Waals surface area contributed by atoms with E-state index in [0.29, 0.717) is 31.6 Å². The van der Waals surface area contributed by atoms with Gasteiger partial charge in [0, 0.05) is 33.1 Å². The van der Waals surface area contributed by atoms with E-state index in [1.807, 2.05) is 47.5 Å². The lowest BCUT2D eigenvalue weighted by molar-refractivity contribution is -0.150. The Labute approximate surface area is 185 Å². The molecule has 0 saturated carbocycles. The van der Waals surface area contributed by atoms with E-state index in [9.17, 15) is 9.59 Å². The Kier molecular flexibility index (Phi) is 7.11. The maximum absolute atomic E-state index is 13.0. The molecule has 31 heavy (non-hydrogen) atoms. The lowest BCUT2D eigenvalue weighted by Crippen LogP contribution is -2.45. The zero-order valence-corrected chi connectivity index (χ0v) is 18.8. The lowest BCUT2D eigenvalue weighted by atomic mass is 9.76. The third-order valence-electron chi connectivity index (χ3n) is 5.77. The van der Waals surface area contributed by atoms with Crippen LogP contribution in [-0.4, -0.2) is 82.9 Å². The summed E-state index contributed by atoms with van der Waals surface area (Å²) < 4.78 is 7.26. The van der Waals surface area contributed by atoms with Crippen LogP contribution in [0.3, 0.4) is 0 Å². The minimum absolute atomic E-state index is 0.0242. The average molecular weight is 449 g/mol. The molecule has 4 rings (SSSR count). The fourth-order valence-corrected chi connectivity index (χ4v) is 4.95. The molecule has 9 nitrogen and oxygen atoms in total. The molecule has 1 N–H and O–H groups in total. The van der Waals surface area contributed by atoms with E-state index in [2.05, 4.69) is 5.10 Å². The van der Waals surface area contributed by atoms with Gasteiger partial charge in [0.05, 0.1) is 10.3 Å². The summed E-state index contributed by atoms with van der Waals surface area (Å²) in [5.74, 6) is -0.115. The van der Waals surface area contributed by atoms with Crippen LogP contribution in [0.1, 0.15) is 29.8 Å². The normalized spacial score (nSPS) is 19.8. The summed E-state index contributed by atoms with van der Waals surface area (Å²) in [6, 6.07) is 5.84. The van der Waals surface area contributed by atoms with Crippen molar-refractivity contribution in [2.24, 2.45) is 12.5 Å². The first-order valence-electron chi connectivity index (χ1n) is 10.1.